The first kappa shape index (κ1) is 25.4. The number of fused-ring (bicyclic) bond motifs is 1. The van der Waals surface area contributed by atoms with Gasteiger partial charge in [0.2, 0.25) is 15.9 Å². The molecule has 0 heterocycles. The van der Waals surface area contributed by atoms with Crippen molar-refractivity contribution in [3.8, 4) is 0 Å². The molecule has 0 radical (unpaired) electrons. The maximum atomic E-state index is 13.2. The quantitative estimate of drug-likeness (QED) is 0.384. The highest BCUT2D eigenvalue weighted by Gasteiger charge is 2.34. The number of rotatable bonds is 13. The SMILES string of the molecule is CCCCCCCCC(NS(=O)(=O)Cc1ccccc1)C(=O)NC1c2ccccc2CC1O. The van der Waals surface area contributed by atoms with E-state index in [1.807, 2.05) is 30.3 Å². The Kier molecular flexibility index (Phi) is 9.47. The van der Waals surface area contributed by atoms with Crippen LogP contribution in [0.15, 0.2) is 54.6 Å². The van der Waals surface area contributed by atoms with Crippen LogP contribution < -0.4 is 10.0 Å². The third kappa shape index (κ3) is 7.66. The Hall–Kier alpha value is -2.22. The molecule has 33 heavy (non-hydrogen) atoms. The summed E-state index contributed by atoms with van der Waals surface area (Å²) in [7, 11) is -3.71. The van der Waals surface area contributed by atoms with Crippen LogP contribution in [0, 0.1) is 0 Å². The van der Waals surface area contributed by atoms with E-state index in [2.05, 4.69) is 17.0 Å². The molecule has 3 unspecified atom stereocenters. The van der Waals surface area contributed by atoms with Gasteiger partial charge in [-0.2, -0.15) is 0 Å². The van der Waals surface area contributed by atoms with Crippen LogP contribution in [0.5, 0.6) is 0 Å². The van der Waals surface area contributed by atoms with Gasteiger partial charge >= 0.3 is 0 Å². The van der Waals surface area contributed by atoms with Gasteiger partial charge < -0.3 is 10.4 Å². The first-order chi connectivity index (χ1) is 15.9. The number of aliphatic hydroxyl groups is 1. The molecule has 180 valence electrons. The van der Waals surface area contributed by atoms with Gasteiger partial charge in [-0.1, -0.05) is 100 Å². The highest BCUT2D eigenvalue weighted by atomic mass is 32.2. The number of nitrogens with one attached hydrogen (secondary N) is 2. The van der Waals surface area contributed by atoms with Gasteiger partial charge in [0.05, 0.1) is 17.9 Å². The molecule has 0 spiro atoms. The standard InChI is InChI=1S/C26H36N2O4S/c1-2-3-4-5-6-10-17-23(28-33(31,32)19-20-13-8-7-9-14-20)26(30)27-25-22-16-12-11-15-21(22)18-24(25)29/h7-9,11-16,23-25,28-29H,2-6,10,17-19H2,1H3,(H,27,30). The first-order valence-corrected chi connectivity index (χ1v) is 13.6. The molecule has 0 saturated carbocycles. The number of benzene rings is 2. The van der Waals surface area contributed by atoms with Crippen molar-refractivity contribution in [3.05, 3.63) is 71.3 Å². The van der Waals surface area contributed by atoms with Crippen molar-refractivity contribution >= 4 is 15.9 Å². The van der Waals surface area contributed by atoms with Crippen LogP contribution >= 0.6 is 0 Å². The number of carbonyl (C=O) groups is 1. The number of amides is 1. The molecule has 2 aromatic rings. The fraction of sp³-hybridized carbons (Fsp3) is 0.500. The van der Waals surface area contributed by atoms with Crippen molar-refractivity contribution in [1.82, 2.24) is 10.0 Å². The van der Waals surface area contributed by atoms with Crippen molar-refractivity contribution in [1.29, 1.82) is 0 Å². The lowest BCUT2D eigenvalue weighted by molar-refractivity contribution is -0.124. The molecule has 6 nitrogen and oxygen atoms in total. The molecule has 0 bridgehead atoms. The minimum absolute atomic E-state index is 0.178. The van der Waals surface area contributed by atoms with Gasteiger partial charge in [-0.05, 0) is 23.1 Å². The van der Waals surface area contributed by atoms with E-state index in [-0.39, 0.29) is 11.7 Å². The minimum Gasteiger partial charge on any atom is -0.390 e. The van der Waals surface area contributed by atoms with Gasteiger partial charge in [-0.3, -0.25) is 4.79 Å². The van der Waals surface area contributed by atoms with E-state index < -0.39 is 28.2 Å². The molecular formula is C26H36N2O4S. The first-order valence-electron chi connectivity index (χ1n) is 12.0. The summed E-state index contributed by atoms with van der Waals surface area (Å²) >= 11 is 0. The summed E-state index contributed by atoms with van der Waals surface area (Å²) in [5.74, 6) is -0.566. The molecule has 3 N–H and O–H groups in total. The van der Waals surface area contributed by atoms with Crippen LogP contribution in [-0.2, 0) is 27.0 Å². The van der Waals surface area contributed by atoms with E-state index >= 15 is 0 Å². The number of hydrogen-bond acceptors (Lipinski definition) is 4. The van der Waals surface area contributed by atoms with Crippen molar-refractivity contribution in [3.63, 3.8) is 0 Å². The van der Waals surface area contributed by atoms with Crippen LogP contribution in [0.25, 0.3) is 0 Å². The van der Waals surface area contributed by atoms with E-state index in [9.17, 15) is 18.3 Å². The zero-order valence-corrected chi connectivity index (χ0v) is 20.2. The molecule has 0 aliphatic heterocycles. The third-order valence-corrected chi connectivity index (χ3v) is 7.54. The van der Waals surface area contributed by atoms with Crippen molar-refractivity contribution in [2.24, 2.45) is 0 Å². The molecule has 0 fully saturated rings. The summed E-state index contributed by atoms with van der Waals surface area (Å²) < 4.78 is 28.3. The Bertz CT molecular complexity index is 994. The minimum atomic E-state index is -3.71. The molecule has 7 heteroatoms. The van der Waals surface area contributed by atoms with Gasteiger partial charge in [-0.15, -0.1) is 0 Å². The monoisotopic (exact) mass is 472 g/mol. The summed E-state index contributed by atoms with van der Waals surface area (Å²) in [5, 5.41) is 13.4. The average Bonchev–Trinajstić information content (AvgIpc) is 3.10. The van der Waals surface area contributed by atoms with Crippen LogP contribution in [0.1, 0.15) is 74.6 Å². The molecule has 0 saturated heterocycles. The summed E-state index contributed by atoms with van der Waals surface area (Å²) in [6.07, 6.45) is 6.48. The second-order valence-corrected chi connectivity index (χ2v) is 10.7. The Morgan fingerprint density at radius 3 is 2.42 bits per heavy atom. The zero-order chi connectivity index (χ0) is 23.7. The normalized spacial score (nSPS) is 18.6. The highest BCUT2D eigenvalue weighted by Crippen LogP contribution is 2.31. The molecule has 1 aliphatic rings. The Labute approximate surface area is 197 Å². The van der Waals surface area contributed by atoms with Crippen molar-refractivity contribution in [2.75, 3.05) is 0 Å². The van der Waals surface area contributed by atoms with E-state index in [0.717, 1.165) is 43.2 Å². The lowest BCUT2D eigenvalue weighted by atomic mass is 10.0. The number of hydrogen-bond donors (Lipinski definition) is 3. The zero-order valence-electron chi connectivity index (χ0n) is 19.4. The second kappa shape index (κ2) is 12.3. The fourth-order valence-electron chi connectivity index (χ4n) is 4.43. The summed E-state index contributed by atoms with van der Waals surface area (Å²) in [5.41, 5.74) is 2.57. The lowest BCUT2D eigenvalue weighted by Gasteiger charge is -2.23. The van der Waals surface area contributed by atoms with Crippen LogP contribution in [0.4, 0.5) is 0 Å². The van der Waals surface area contributed by atoms with Gasteiger partial charge in [0, 0.05) is 6.42 Å². The fourth-order valence-corrected chi connectivity index (χ4v) is 5.80. The predicted octanol–water partition coefficient (Wildman–Crippen LogP) is 4.00. The molecule has 1 aliphatic carbocycles. The number of unbranched alkanes of at least 4 members (excludes halogenated alkanes) is 5. The molecule has 3 atom stereocenters. The molecule has 1 amide bonds. The molecule has 2 aromatic carbocycles. The summed E-state index contributed by atoms with van der Waals surface area (Å²) in [6, 6.07) is 15.2. The van der Waals surface area contributed by atoms with Gasteiger partial charge in [0.15, 0.2) is 0 Å². The average molecular weight is 473 g/mol. The number of carbonyl (C=O) groups excluding carboxylic acids is 1. The third-order valence-electron chi connectivity index (χ3n) is 6.19. The van der Waals surface area contributed by atoms with E-state index in [1.165, 1.54) is 6.42 Å². The lowest BCUT2D eigenvalue weighted by Crippen LogP contribution is -2.49. The maximum absolute atomic E-state index is 13.2. The number of sulfonamides is 1. The summed E-state index contributed by atoms with van der Waals surface area (Å²) in [4.78, 5) is 13.2. The van der Waals surface area contributed by atoms with E-state index in [4.69, 9.17) is 0 Å². The topological polar surface area (TPSA) is 95.5 Å². The van der Waals surface area contributed by atoms with E-state index in [1.54, 1.807) is 24.3 Å². The maximum Gasteiger partial charge on any atom is 0.238 e. The molecule has 0 aromatic heterocycles. The smallest absolute Gasteiger partial charge is 0.238 e. The molecular weight excluding hydrogens is 436 g/mol. The highest BCUT2D eigenvalue weighted by molar-refractivity contribution is 7.88. The second-order valence-electron chi connectivity index (χ2n) is 8.93. The van der Waals surface area contributed by atoms with Crippen molar-refractivity contribution < 1.29 is 18.3 Å². The Morgan fingerprint density at radius 1 is 1.00 bits per heavy atom. The van der Waals surface area contributed by atoms with Gasteiger partial charge in [-0.25, -0.2) is 13.1 Å². The van der Waals surface area contributed by atoms with Crippen LogP contribution in [0.2, 0.25) is 0 Å². The van der Waals surface area contributed by atoms with Crippen LogP contribution in [0.3, 0.4) is 0 Å². The predicted molar refractivity (Wildman–Crippen MR) is 131 cm³/mol. The Balaban J connectivity index is 1.67. The van der Waals surface area contributed by atoms with E-state index in [0.29, 0.717) is 18.4 Å². The van der Waals surface area contributed by atoms with Gasteiger partial charge in [0.1, 0.15) is 6.04 Å². The largest absolute Gasteiger partial charge is 0.390 e. The Morgan fingerprint density at radius 2 is 1.67 bits per heavy atom. The summed E-state index contributed by atoms with van der Waals surface area (Å²) in [6.45, 7) is 2.16. The van der Waals surface area contributed by atoms with Crippen LogP contribution in [-0.4, -0.2) is 31.6 Å². The van der Waals surface area contributed by atoms with Crippen molar-refractivity contribution in [2.45, 2.75) is 82.2 Å². The number of aliphatic hydroxyl groups excluding tert-OH is 1. The molecule has 3 rings (SSSR count). The van der Waals surface area contributed by atoms with Gasteiger partial charge in [0.25, 0.3) is 0 Å².